The van der Waals surface area contributed by atoms with Crippen LogP contribution in [-0.2, 0) is 4.79 Å². The van der Waals surface area contributed by atoms with Crippen LogP contribution in [0.4, 0.5) is 0 Å². The maximum atomic E-state index is 11.7. The molecule has 1 aliphatic carbocycles. The molecule has 1 aromatic carbocycles. The number of hydrogen-bond donors (Lipinski definition) is 2. The lowest BCUT2D eigenvalue weighted by Crippen LogP contribution is -2.55. The topological polar surface area (TPSA) is 49.3 Å². The molecule has 1 fully saturated rings. The summed E-state index contributed by atoms with van der Waals surface area (Å²) in [6.07, 6.45) is 3.51. The molecule has 3 nitrogen and oxygen atoms in total. The Balaban J connectivity index is 2.10. The zero-order valence-corrected chi connectivity index (χ0v) is 13.0. The first-order chi connectivity index (χ1) is 9.57. The van der Waals surface area contributed by atoms with Gasteiger partial charge >= 0.3 is 5.97 Å². The van der Waals surface area contributed by atoms with Gasteiger partial charge in [0.05, 0.1) is 0 Å². The lowest BCUT2D eigenvalue weighted by atomic mass is 9.81. The summed E-state index contributed by atoms with van der Waals surface area (Å²) in [7, 11) is 0. The van der Waals surface area contributed by atoms with E-state index in [1.165, 1.54) is 10.5 Å². The number of aliphatic carboxylic acids is 1. The first kappa shape index (κ1) is 15.4. The third-order valence-electron chi connectivity index (χ3n) is 4.02. The number of carboxylic acids is 1. The summed E-state index contributed by atoms with van der Waals surface area (Å²) in [5.41, 5.74) is 0.542. The van der Waals surface area contributed by atoms with Gasteiger partial charge in [-0.1, -0.05) is 25.1 Å². The third kappa shape index (κ3) is 3.36. The van der Waals surface area contributed by atoms with Gasteiger partial charge in [0.2, 0.25) is 0 Å². The number of carbonyl (C=O) groups is 1. The minimum absolute atomic E-state index is 0.375. The van der Waals surface area contributed by atoms with Crippen molar-refractivity contribution in [3.05, 3.63) is 29.8 Å². The number of likely N-dealkylation sites (N-methyl/N-ethyl adjacent to an activating group) is 1. The Bertz CT molecular complexity index is 473. The van der Waals surface area contributed by atoms with E-state index in [4.69, 9.17) is 0 Å². The average Bonchev–Trinajstić information content (AvgIpc) is 2.42. The second-order valence-electron chi connectivity index (χ2n) is 5.52. The Morgan fingerprint density at radius 2 is 2.25 bits per heavy atom. The zero-order chi connectivity index (χ0) is 14.6. The molecule has 2 atom stereocenters. The van der Waals surface area contributed by atoms with Crippen LogP contribution >= 0.6 is 11.8 Å². The predicted octanol–water partition coefficient (Wildman–Crippen LogP) is 3.46. The number of nitrogens with one attached hydrogen (secondary N) is 1. The molecule has 0 aliphatic heterocycles. The van der Waals surface area contributed by atoms with Crippen molar-refractivity contribution in [2.45, 2.75) is 55.2 Å². The molecule has 0 saturated heterocycles. The molecule has 1 saturated carbocycles. The SMILES string of the molecule is CCNC1(C(=O)O)CCCC(Sc2ccccc2C)C1. The van der Waals surface area contributed by atoms with Gasteiger partial charge in [0.1, 0.15) is 5.54 Å². The van der Waals surface area contributed by atoms with Gasteiger partial charge in [-0.05, 0) is 50.8 Å². The van der Waals surface area contributed by atoms with E-state index in [0.717, 1.165) is 19.3 Å². The lowest BCUT2D eigenvalue weighted by molar-refractivity contribution is -0.146. The molecule has 2 N–H and O–H groups in total. The van der Waals surface area contributed by atoms with E-state index < -0.39 is 11.5 Å². The molecule has 20 heavy (non-hydrogen) atoms. The Kier molecular flexibility index (Phi) is 5.11. The van der Waals surface area contributed by atoms with Crippen molar-refractivity contribution < 1.29 is 9.90 Å². The molecule has 4 heteroatoms. The molecule has 2 unspecified atom stereocenters. The molecule has 0 radical (unpaired) electrons. The average molecular weight is 293 g/mol. The van der Waals surface area contributed by atoms with Gasteiger partial charge in [-0.3, -0.25) is 4.79 Å². The molecule has 1 aromatic rings. The summed E-state index contributed by atoms with van der Waals surface area (Å²) in [5.74, 6) is -0.700. The van der Waals surface area contributed by atoms with Crippen LogP contribution < -0.4 is 5.32 Å². The van der Waals surface area contributed by atoms with Crippen LogP contribution in [0.2, 0.25) is 0 Å². The van der Waals surface area contributed by atoms with Crippen LogP contribution in [0.25, 0.3) is 0 Å². The standard InChI is InChI=1S/C16H23NO2S/c1-3-17-16(15(18)19)10-6-8-13(11-16)20-14-9-5-4-7-12(14)2/h4-5,7,9,13,17H,3,6,8,10-11H2,1-2H3,(H,18,19). The van der Waals surface area contributed by atoms with E-state index in [2.05, 4.69) is 24.4 Å². The Morgan fingerprint density at radius 1 is 1.50 bits per heavy atom. The molecule has 110 valence electrons. The highest BCUT2D eigenvalue weighted by atomic mass is 32.2. The Labute approximate surface area is 125 Å². The first-order valence-corrected chi connectivity index (χ1v) is 8.16. The quantitative estimate of drug-likeness (QED) is 0.873. The van der Waals surface area contributed by atoms with E-state index in [-0.39, 0.29) is 0 Å². The maximum absolute atomic E-state index is 11.7. The van der Waals surface area contributed by atoms with Crippen molar-refractivity contribution in [1.82, 2.24) is 5.32 Å². The summed E-state index contributed by atoms with van der Waals surface area (Å²) < 4.78 is 0. The van der Waals surface area contributed by atoms with Crippen molar-refractivity contribution in [3.63, 3.8) is 0 Å². The molecular formula is C16H23NO2S. The number of aryl methyl sites for hydroxylation is 1. The van der Waals surface area contributed by atoms with E-state index >= 15 is 0 Å². The van der Waals surface area contributed by atoms with E-state index in [9.17, 15) is 9.90 Å². The van der Waals surface area contributed by atoms with E-state index in [1.807, 2.05) is 30.8 Å². The van der Waals surface area contributed by atoms with Gasteiger partial charge in [-0.25, -0.2) is 0 Å². The number of hydrogen-bond acceptors (Lipinski definition) is 3. The summed E-state index contributed by atoms with van der Waals surface area (Å²) in [4.78, 5) is 12.9. The maximum Gasteiger partial charge on any atom is 0.323 e. The number of benzene rings is 1. The third-order valence-corrected chi connectivity index (χ3v) is 5.47. The normalized spacial score (nSPS) is 26.4. The van der Waals surface area contributed by atoms with Gasteiger partial charge in [0.25, 0.3) is 0 Å². The first-order valence-electron chi connectivity index (χ1n) is 7.28. The van der Waals surface area contributed by atoms with Crippen molar-refractivity contribution >= 4 is 17.7 Å². The molecule has 2 rings (SSSR count). The zero-order valence-electron chi connectivity index (χ0n) is 12.2. The fourth-order valence-electron chi connectivity index (χ4n) is 2.96. The van der Waals surface area contributed by atoms with Gasteiger partial charge < -0.3 is 10.4 Å². The van der Waals surface area contributed by atoms with Gasteiger partial charge in [-0.2, -0.15) is 0 Å². The number of rotatable bonds is 5. The second kappa shape index (κ2) is 6.64. The van der Waals surface area contributed by atoms with Crippen LogP contribution in [-0.4, -0.2) is 28.4 Å². The molecule has 0 heterocycles. The van der Waals surface area contributed by atoms with Crippen molar-refractivity contribution in [3.8, 4) is 0 Å². The largest absolute Gasteiger partial charge is 0.480 e. The van der Waals surface area contributed by atoms with Gasteiger partial charge in [0, 0.05) is 10.1 Å². The van der Waals surface area contributed by atoms with Crippen LogP contribution in [0, 0.1) is 6.92 Å². The minimum atomic E-state index is -0.729. The highest BCUT2D eigenvalue weighted by Crippen LogP contribution is 2.39. The van der Waals surface area contributed by atoms with Gasteiger partial charge in [-0.15, -0.1) is 11.8 Å². The monoisotopic (exact) mass is 293 g/mol. The van der Waals surface area contributed by atoms with E-state index in [1.54, 1.807) is 0 Å². The number of thioether (sulfide) groups is 1. The minimum Gasteiger partial charge on any atom is -0.480 e. The Hall–Kier alpha value is -1.00. The van der Waals surface area contributed by atoms with Gasteiger partial charge in [0.15, 0.2) is 0 Å². The number of carboxylic acid groups (broad SMARTS) is 1. The molecular weight excluding hydrogens is 270 g/mol. The summed E-state index contributed by atoms with van der Waals surface area (Å²) >= 11 is 1.83. The summed E-state index contributed by atoms with van der Waals surface area (Å²) in [6, 6.07) is 8.33. The molecule has 0 aromatic heterocycles. The smallest absolute Gasteiger partial charge is 0.323 e. The van der Waals surface area contributed by atoms with Crippen molar-refractivity contribution in [1.29, 1.82) is 0 Å². The molecule has 0 bridgehead atoms. The fourth-order valence-corrected chi connectivity index (χ4v) is 4.38. The predicted molar refractivity (Wildman–Crippen MR) is 83.3 cm³/mol. The summed E-state index contributed by atoms with van der Waals surface area (Å²) in [5, 5.41) is 13.2. The van der Waals surface area contributed by atoms with Crippen LogP contribution in [0.15, 0.2) is 29.2 Å². The molecule has 0 amide bonds. The van der Waals surface area contributed by atoms with Crippen LogP contribution in [0.5, 0.6) is 0 Å². The summed E-state index contributed by atoms with van der Waals surface area (Å²) in [6.45, 7) is 4.79. The Morgan fingerprint density at radius 3 is 2.90 bits per heavy atom. The van der Waals surface area contributed by atoms with Crippen molar-refractivity contribution in [2.24, 2.45) is 0 Å². The highest BCUT2D eigenvalue weighted by Gasteiger charge is 2.42. The van der Waals surface area contributed by atoms with Crippen molar-refractivity contribution in [2.75, 3.05) is 6.54 Å². The highest BCUT2D eigenvalue weighted by molar-refractivity contribution is 8.00. The molecule has 0 spiro atoms. The van der Waals surface area contributed by atoms with Crippen LogP contribution in [0.1, 0.15) is 38.2 Å². The second-order valence-corrected chi connectivity index (χ2v) is 6.86. The van der Waals surface area contributed by atoms with Crippen LogP contribution in [0.3, 0.4) is 0 Å². The van der Waals surface area contributed by atoms with E-state index in [0.29, 0.717) is 18.2 Å². The fraction of sp³-hybridized carbons (Fsp3) is 0.562. The lowest BCUT2D eigenvalue weighted by Gasteiger charge is -2.38. The molecule has 1 aliphatic rings.